The van der Waals surface area contributed by atoms with E-state index in [2.05, 4.69) is 11.8 Å². The first-order valence-corrected chi connectivity index (χ1v) is 9.62. The van der Waals surface area contributed by atoms with Gasteiger partial charge in [-0.15, -0.1) is 5.92 Å². The van der Waals surface area contributed by atoms with Gasteiger partial charge in [0.2, 0.25) is 0 Å². The van der Waals surface area contributed by atoms with Crippen LogP contribution in [0.25, 0.3) is 0 Å². The third kappa shape index (κ3) is 6.07. The minimum atomic E-state index is -4.82. The first-order valence-electron chi connectivity index (χ1n) is 9.62. The summed E-state index contributed by atoms with van der Waals surface area (Å²) in [4.78, 5) is 22.9. The quantitative estimate of drug-likeness (QED) is 0.517. The summed E-state index contributed by atoms with van der Waals surface area (Å²) in [6, 6.07) is 5.75. The highest BCUT2D eigenvalue weighted by atomic mass is 19.4. The van der Waals surface area contributed by atoms with Crippen molar-refractivity contribution in [3.63, 3.8) is 0 Å². The SMILES string of the molecule is Cc1ccc(CC[C@H]2C(=O)C(C(F)(F)F)C(O)[C@@H]2CC#CCOCC(=O)O)cc1C. The summed E-state index contributed by atoms with van der Waals surface area (Å²) in [6.45, 7) is 3.17. The number of ether oxygens (including phenoxy) is 1. The standard InChI is InChI=1S/C22H25F3O5/c1-13-6-7-15(11-14(13)2)8-9-17-16(5-3-4-10-30-12-18(26)27)20(28)19(21(17)29)22(23,24)25/h6-7,11,16-17,19-20,28H,5,8-10,12H2,1-2H3,(H,26,27)/t16-,17-,19?,20?/m1/s1. The van der Waals surface area contributed by atoms with E-state index in [1.165, 1.54) is 0 Å². The Labute approximate surface area is 173 Å². The summed E-state index contributed by atoms with van der Waals surface area (Å²) in [6.07, 6.45) is -6.17. The van der Waals surface area contributed by atoms with E-state index in [1.54, 1.807) is 0 Å². The Morgan fingerprint density at radius 2 is 1.90 bits per heavy atom. The molecule has 0 aliphatic heterocycles. The van der Waals surface area contributed by atoms with Crippen molar-refractivity contribution in [1.29, 1.82) is 0 Å². The molecule has 0 amide bonds. The molecule has 8 heteroatoms. The van der Waals surface area contributed by atoms with Crippen LogP contribution in [0.3, 0.4) is 0 Å². The molecule has 1 saturated carbocycles. The highest BCUT2D eigenvalue weighted by Crippen LogP contribution is 2.45. The summed E-state index contributed by atoms with van der Waals surface area (Å²) < 4.78 is 44.8. The fourth-order valence-corrected chi connectivity index (χ4v) is 3.78. The van der Waals surface area contributed by atoms with Gasteiger partial charge in [-0.3, -0.25) is 4.79 Å². The van der Waals surface area contributed by atoms with E-state index in [-0.39, 0.29) is 19.4 Å². The zero-order valence-corrected chi connectivity index (χ0v) is 16.8. The highest BCUT2D eigenvalue weighted by molar-refractivity contribution is 5.87. The summed E-state index contributed by atoms with van der Waals surface area (Å²) in [5.74, 6) is -1.31. The Bertz CT molecular complexity index is 837. The molecule has 1 aromatic rings. The zero-order valence-electron chi connectivity index (χ0n) is 16.8. The van der Waals surface area contributed by atoms with E-state index < -0.39 is 48.4 Å². The highest BCUT2D eigenvalue weighted by Gasteiger charge is 2.59. The van der Waals surface area contributed by atoms with Gasteiger partial charge in [0, 0.05) is 18.3 Å². The number of Topliss-reactive ketones (excluding diaryl/α,β-unsaturated/α-hetero) is 1. The molecule has 1 aliphatic rings. The number of halogens is 3. The van der Waals surface area contributed by atoms with Gasteiger partial charge < -0.3 is 14.9 Å². The van der Waals surface area contributed by atoms with E-state index in [4.69, 9.17) is 9.84 Å². The topological polar surface area (TPSA) is 83.8 Å². The van der Waals surface area contributed by atoms with Crippen LogP contribution in [-0.2, 0) is 20.7 Å². The molecule has 0 bridgehead atoms. The molecule has 0 aromatic heterocycles. The van der Waals surface area contributed by atoms with Gasteiger partial charge in [0.05, 0.1) is 6.10 Å². The summed E-state index contributed by atoms with van der Waals surface area (Å²) >= 11 is 0. The monoisotopic (exact) mass is 426 g/mol. The molecule has 0 heterocycles. The third-order valence-corrected chi connectivity index (χ3v) is 5.50. The number of hydrogen-bond donors (Lipinski definition) is 2. The second kappa shape index (κ2) is 10.1. The van der Waals surface area contributed by atoms with Gasteiger partial charge in [0.25, 0.3) is 0 Å². The molecule has 1 fully saturated rings. The Balaban J connectivity index is 2.11. The Kier molecular flexibility index (Phi) is 8.04. The van der Waals surface area contributed by atoms with Gasteiger partial charge in [-0.25, -0.2) is 4.79 Å². The van der Waals surface area contributed by atoms with Crippen molar-refractivity contribution in [2.24, 2.45) is 17.8 Å². The first-order chi connectivity index (χ1) is 14.0. The van der Waals surface area contributed by atoms with Crippen molar-refractivity contribution in [3.05, 3.63) is 34.9 Å². The van der Waals surface area contributed by atoms with E-state index in [0.717, 1.165) is 16.7 Å². The number of ketones is 1. The van der Waals surface area contributed by atoms with Crippen molar-refractivity contribution in [2.75, 3.05) is 13.2 Å². The summed E-state index contributed by atoms with van der Waals surface area (Å²) in [7, 11) is 0. The van der Waals surface area contributed by atoms with Crippen molar-refractivity contribution in [2.45, 2.75) is 45.4 Å². The predicted octanol–water partition coefficient (Wildman–Crippen LogP) is 3.09. The van der Waals surface area contributed by atoms with Gasteiger partial charge >= 0.3 is 12.1 Å². The average molecular weight is 426 g/mol. The molecule has 1 aromatic carbocycles. The van der Waals surface area contributed by atoms with Crippen molar-refractivity contribution in [3.8, 4) is 11.8 Å². The largest absolute Gasteiger partial charge is 0.480 e. The molecular formula is C22H25F3O5. The van der Waals surface area contributed by atoms with Gasteiger partial charge in [0.15, 0.2) is 5.78 Å². The molecule has 2 unspecified atom stereocenters. The minimum absolute atomic E-state index is 0.104. The molecule has 1 aliphatic carbocycles. The number of aliphatic hydroxyl groups is 1. The van der Waals surface area contributed by atoms with E-state index in [0.29, 0.717) is 6.42 Å². The second-order valence-electron chi connectivity index (χ2n) is 7.58. The van der Waals surface area contributed by atoms with E-state index in [9.17, 15) is 27.9 Å². The molecule has 30 heavy (non-hydrogen) atoms. The molecule has 0 spiro atoms. The van der Waals surface area contributed by atoms with E-state index in [1.807, 2.05) is 32.0 Å². The lowest BCUT2D eigenvalue weighted by Crippen LogP contribution is -2.36. The van der Waals surface area contributed by atoms with Crippen LogP contribution in [-0.4, -0.2) is 47.5 Å². The van der Waals surface area contributed by atoms with Crippen molar-refractivity contribution >= 4 is 11.8 Å². The Hall–Kier alpha value is -2.37. The van der Waals surface area contributed by atoms with Crippen molar-refractivity contribution in [1.82, 2.24) is 0 Å². The number of benzene rings is 1. The third-order valence-electron chi connectivity index (χ3n) is 5.50. The number of carbonyl (C=O) groups excluding carboxylic acids is 1. The fraction of sp³-hybridized carbons (Fsp3) is 0.545. The maximum absolute atomic E-state index is 13.3. The van der Waals surface area contributed by atoms with Gasteiger partial charge in [-0.05, 0) is 43.4 Å². The molecule has 0 saturated heterocycles. The van der Waals surface area contributed by atoms with Crippen LogP contribution in [0, 0.1) is 43.4 Å². The van der Waals surface area contributed by atoms with Crippen molar-refractivity contribution < 1.29 is 37.7 Å². The molecule has 164 valence electrons. The fourth-order valence-electron chi connectivity index (χ4n) is 3.78. The van der Waals surface area contributed by atoms with Crippen LogP contribution in [0.4, 0.5) is 13.2 Å². The Morgan fingerprint density at radius 3 is 2.50 bits per heavy atom. The predicted molar refractivity (Wildman–Crippen MR) is 103 cm³/mol. The molecule has 2 N–H and O–H groups in total. The maximum atomic E-state index is 13.3. The normalized spacial score (nSPS) is 23.9. The van der Waals surface area contributed by atoms with Gasteiger partial charge in [-0.2, -0.15) is 13.2 Å². The molecule has 5 nitrogen and oxygen atoms in total. The smallest absolute Gasteiger partial charge is 0.401 e. The number of aliphatic hydroxyl groups excluding tert-OH is 1. The zero-order chi connectivity index (χ0) is 22.5. The number of carboxylic acid groups (broad SMARTS) is 1. The lowest BCUT2D eigenvalue weighted by Gasteiger charge is -2.20. The number of carboxylic acids is 1. The number of aryl methyl sites for hydroxylation is 3. The van der Waals surface area contributed by atoms with Crippen LogP contribution in [0.5, 0.6) is 0 Å². The van der Waals surface area contributed by atoms with Crippen LogP contribution in [0.1, 0.15) is 29.5 Å². The molecule has 0 radical (unpaired) electrons. The van der Waals surface area contributed by atoms with Crippen LogP contribution < -0.4 is 0 Å². The molecule has 4 atom stereocenters. The molecular weight excluding hydrogens is 401 g/mol. The lowest BCUT2D eigenvalue weighted by molar-refractivity contribution is -0.195. The first kappa shape index (κ1) is 23.9. The summed E-state index contributed by atoms with van der Waals surface area (Å²) in [5, 5.41) is 18.7. The maximum Gasteiger partial charge on any atom is 0.401 e. The van der Waals surface area contributed by atoms with Crippen LogP contribution in [0.2, 0.25) is 0 Å². The summed E-state index contributed by atoms with van der Waals surface area (Å²) in [5.41, 5.74) is 3.08. The average Bonchev–Trinajstić information content (AvgIpc) is 2.88. The minimum Gasteiger partial charge on any atom is -0.480 e. The number of rotatable bonds is 7. The number of carbonyl (C=O) groups is 2. The van der Waals surface area contributed by atoms with Crippen LogP contribution >= 0.6 is 0 Å². The number of hydrogen-bond acceptors (Lipinski definition) is 4. The van der Waals surface area contributed by atoms with Crippen LogP contribution in [0.15, 0.2) is 18.2 Å². The Morgan fingerprint density at radius 1 is 1.20 bits per heavy atom. The van der Waals surface area contributed by atoms with Gasteiger partial charge in [-0.1, -0.05) is 24.1 Å². The van der Waals surface area contributed by atoms with Gasteiger partial charge in [0.1, 0.15) is 19.1 Å². The second-order valence-corrected chi connectivity index (χ2v) is 7.58. The lowest BCUT2D eigenvalue weighted by atomic mass is 9.86. The van der Waals surface area contributed by atoms with E-state index >= 15 is 0 Å². The number of aliphatic carboxylic acids is 1. The number of alkyl halides is 3. The molecule has 2 rings (SSSR count).